The fourth-order valence-electron chi connectivity index (χ4n) is 1.57. The number of carbonyl (C=O) groups is 1. The van der Waals surface area contributed by atoms with Gasteiger partial charge in [0.1, 0.15) is 0 Å². The van der Waals surface area contributed by atoms with Gasteiger partial charge in [0, 0.05) is 17.8 Å². The second-order valence-electron chi connectivity index (χ2n) is 3.86. The summed E-state index contributed by atoms with van der Waals surface area (Å²) in [6, 6.07) is 1.59. The number of rotatable bonds is 4. The Labute approximate surface area is 137 Å². The first kappa shape index (κ1) is 14.6. The SMILES string of the molecule is O=C(CSc1nnc2c(Cl)cc(Cl)cn12)Nc1nccs1. The molecule has 0 atom stereocenters. The number of pyridine rings is 1. The maximum absolute atomic E-state index is 11.8. The van der Waals surface area contributed by atoms with Crippen molar-refractivity contribution in [2.24, 2.45) is 0 Å². The Morgan fingerprint density at radius 1 is 1.43 bits per heavy atom. The molecule has 21 heavy (non-hydrogen) atoms. The lowest BCUT2D eigenvalue weighted by atomic mass is 10.5. The number of fused-ring (bicyclic) bond motifs is 1. The number of thiazole rings is 1. The number of hydrogen-bond acceptors (Lipinski definition) is 6. The molecule has 1 N–H and O–H groups in total. The van der Waals surface area contributed by atoms with Gasteiger partial charge >= 0.3 is 0 Å². The number of nitrogens with zero attached hydrogens (tertiary/aromatic N) is 4. The molecule has 0 aliphatic heterocycles. The van der Waals surface area contributed by atoms with E-state index >= 15 is 0 Å². The maximum atomic E-state index is 11.8. The van der Waals surface area contributed by atoms with E-state index in [1.165, 1.54) is 23.1 Å². The first-order valence-electron chi connectivity index (χ1n) is 5.65. The monoisotopic (exact) mass is 359 g/mol. The highest BCUT2D eigenvalue weighted by Gasteiger charge is 2.12. The van der Waals surface area contributed by atoms with Gasteiger partial charge in [-0.25, -0.2) is 4.98 Å². The zero-order chi connectivity index (χ0) is 14.8. The maximum Gasteiger partial charge on any atom is 0.236 e. The number of thioether (sulfide) groups is 1. The fraction of sp³-hybridized carbons (Fsp3) is 0.0909. The summed E-state index contributed by atoms with van der Waals surface area (Å²) in [6.07, 6.45) is 3.29. The molecule has 3 heterocycles. The lowest BCUT2D eigenvalue weighted by Crippen LogP contribution is -2.14. The molecule has 0 radical (unpaired) electrons. The molecule has 3 rings (SSSR count). The van der Waals surface area contributed by atoms with Gasteiger partial charge in [-0.2, -0.15) is 0 Å². The molecule has 108 valence electrons. The van der Waals surface area contributed by atoms with E-state index in [4.69, 9.17) is 23.2 Å². The van der Waals surface area contributed by atoms with Crippen LogP contribution < -0.4 is 5.32 Å². The number of aromatic nitrogens is 4. The van der Waals surface area contributed by atoms with Crippen LogP contribution in [0.3, 0.4) is 0 Å². The molecule has 0 unspecified atom stereocenters. The van der Waals surface area contributed by atoms with Gasteiger partial charge in [0.05, 0.1) is 15.8 Å². The minimum atomic E-state index is -0.167. The van der Waals surface area contributed by atoms with Crippen LogP contribution in [0.4, 0.5) is 5.13 Å². The van der Waals surface area contributed by atoms with Crippen LogP contribution in [-0.4, -0.2) is 31.2 Å². The van der Waals surface area contributed by atoms with Gasteiger partial charge in [-0.3, -0.25) is 9.20 Å². The lowest BCUT2D eigenvalue weighted by Gasteiger charge is -2.02. The van der Waals surface area contributed by atoms with Crippen molar-refractivity contribution in [2.75, 3.05) is 11.1 Å². The minimum absolute atomic E-state index is 0.167. The van der Waals surface area contributed by atoms with Gasteiger partial charge < -0.3 is 5.32 Å². The summed E-state index contributed by atoms with van der Waals surface area (Å²) in [7, 11) is 0. The quantitative estimate of drug-likeness (QED) is 0.724. The van der Waals surface area contributed by atoms with Crippen molar-refractivity contribution in [1.29, 1.82) is 0 Å². The lowest BCUT2D eigenvalue weighted by molar-refractivity contribution is -0.113. The van der Waals surface area contributed by atoms with Crippen molar-refractivity contribution < 1.29 is 4.79 Å². The first-order chi connectivity index (χ1) is 10.1. The van der Waals surface area contributed by atoms with E-state index in [0.717, 1.165) is 0 Å². The second-order valence-corrected chi connectivity index (χ2v) is 6.54. The van der Waals surface area contributed by atoms with E-state index in [1.807, 2.05) is 0 Å². The third-order valence-corrected chi connectivity index (χ3v) is 4.52. The number of halogens is 2. The molecule has 10 heteroatoms. The average molecular weight is 360 g/mol. The van der Waals surface area contributed by atoms with Crippen LogP contribution >= 0.6 is 46.3 Å². The van der Waals surface area contributed by atoms with Crippen LogP contribution in [0, 0.1) is 0 Å². The molecule has 1 amide bonds. The molecular formula is C11H7Cl2N5OS2. The van der Waals surface area contributed by atoms with Crippen LogP contribution in [0.25, 0.3) is 5.65 Å². The molecular weight excluding hydrogens is 353 g/mol. The molecule has 3 aromatic rings. The Morgan fingerprint density at radius 3 is 3.05 bits per heavy atom. The average Bonchev–Trinajstić information content (AvgIpc) is 3.06. The number of carbonyl (C=O) groups excluding carboxylic acids is 1. The largest absolute Gasteiger partial charge is 0.301 e. The van der Waals surface area contributed by atoms with Crippen molar-refractivity contribution in [1.82, 2.24) is 19.6 Å². The predicted molar refractivity (Wildman–Crippen MR) is 84.5 cm³/mol. The zero-order valence-electron chi connectivity index (χ0n) is 10.3. The van der Waals surface area contributed by atoms with Gasteiger partial charge in [-0.15, -0.1) is 21.5 Å². The molecule has 0 spiro atoms. The fourth-order valence-corrected chi connectivity index (χ4v) is 3.33. The summed E-state index contributed by atoms with van der Waals surface area (Å²) < 4.78 is 1.66. The normalized spacial score (nSPS) is 11.0. The smallest absolute Gasteiger partial charge is 0.236 e. The van der Waals surface area contributed by atoms with E-state index in [2.05, 4.69) is 20.5 Å². The highest BCUT2D eigenvalue weighted by atomic mass is 35.5. The van der Waals surface area contributed by atoms with Crippen molar-refractivity contribution >= 4 is 63.0 Å². The summed E-state index contributed by atoms with van der Waals surface area (Å²) in [5.74, 6) is 0.0182. The van der Waals surface area contributed by atoms with Crippen LogP contribution in [-0.2, 0) is 4.79 Å². The molecule has 6 nitrogen and oxygen atoms in total. The topological polar surface area (TPSA) is 72.2 Å². The summed E-state index contributed by atoms with van der Waals surface area (Å²) in [5.41, 5.74) is 0.504. The predicted octanol–water partition coefficient (Wildman–Crippen LogP) is 3.22. The summed E-state index contributed by atoms with van der Waals surface area (Å²) in [5, 5.41) is 14.5. The molecule has 0 bridgehead atoms. The van der Waals surface area contributed by atoms with Gasteiger partial charge in [0.2, 0.25) is 5.91 Å². The van der Waals surface area contributed by atoms with E-state index in [-0.39, 0.29) is 11.7 Å². The highest BCUT2D eigenvalue weighted by Crippen LogP contribution is 2.25. The Balaban J connectivity index is 1.72. The number of hydrogen-bond donors (Lipinski definition) is 1. The van der Waals surface area contributed by atoms with E-state index in [1.54, 1.807) is 28.2 Å². The van der Waals surface area contributed by atoms with Crippen molar-refractivity contribution in [3.8, 4) is 0 Å². The number of anilines is 1. The van der Waals surface area contributed by atoms with Gasteiger partial charge in [-0.1, -0.05) is 35.0 Å². The van der Waals surface area contributed by atoms with Crippen LogP contribution in [0.1, 0.15) is 0 Å². The molecule has 0 saturated carbocycles. The van der Waals surface area contributed by atoms with Crippen LogP contribution in [0.5, 0.6) is 0 Å². The van der Waals surface area contributed by atoms with Gasteiger partial charge in [-0.05, 0) is 6.07 Å². The first-order valence-corrected chi connectivity index (χ1v) is 8.27. The Kier molecular flexibility index (Phi) is 4.29. The zero-order valence-corrected chi connectivity index (χ0v) is 13.4. The molecule has 0 saturated heterocycles. The summed E-state index contributed by atoms with van der Waals surface area (Å²) in [6.45, 7) is 0. The van der Waals surface area contributed by atoms with Crippen molar-refractivity contribution in [3.05, 3.63) is 33.9 Å². The van der Waals surface area contributed by atoms with Gasteiger partial charge in [0.15, 0.2) is 15.9 Å². The number of nitrogens with one attached hydrogen (secondary N) is 1. The summed E-state index contributed by atoms with van der Waals surface area (Å²) in [4.78, 5) is 15.8. The third-order valence-electron chi connectivity index (χ3n) is 2.41. The number of amides is 1. The standard InChI is InChI=1S/C11H7Cl2N5OS2/c12-6-3-7(13)9-16-17-11(18(9)4-6)21-5-8(19)15-10-14-1-2-20-10/h1-4H,5H2,(H,14,15,19). The minimum Gasteiger partial charge on any atom is -0.301 e. The Bertz CT molecular complexity index is 789. The van der Waals surface area contributed by atoms with Crippen LogP contribution in [0.2, 0.25) is 10.0 Å². The Morgan fingerprint density at radius 2 is 2.29 bits per heavy atom. The summed E-state index contributed by atoms with van der Waals surface area (Å²) >= 11 is 14.6. The molecule has 3 aromatic heterocycles. The molecule has 0 aliphatic carbocycles. The van der Waals surface area contributed by atoms with E-state index < -0.39 is 0 Å². The molecule has 0 aromatic carbocycles. The Hall–Kier alpha value is -1.35. The molecule has 0 fully saturated rings. The highest BCUT2D eigenvalue weighted by molar-refractivity contribution is 7.99. The van der Waals surface area contributed by atoms with E-state index in [0.29, 0.717) is 26.0 Å². The van der Waals surface area contributed by atoms with E-state index in [9.17, 15) is 4.79 Å². The third kappa shape index (κ3) is 3.29. The van der Waals surface area contributed by atoms with Crippen LogP contribution in [0.15, 0.2) is 29.0 Å². The van der Waals surface area contributed by atoms with Gasteiger partial charge in [0.25, 0.3) is 0 Å². The second kappa shape index (κ2) is 6.18. The molecule has 0 aliphatic rings. The van der Waals surface area contributed by atoms with Crippen molar-refractivity contribution in [3.63, 3.8) is 0 Å². The van der Waals surface area contributed by atoms with Crippen molar-refractivity contribution in [2.45, 2.75) is 5.16 Å².